The lowest BCUT2D eigenvalue weighted by Crippen LogP contribution is -2.45. The summed E-state index contributed by atoms with van der Waals surface area (Å²) in [5, 5.41) is 0. The molecule has 0 saturated carbocycles. The van der Waals surface area contributed by atoms with Gasteiger partial charge in [0.1, 0.15) is 47.4 Å². The fourth-order valence-electron chi connectivity index (χ4n) is 4.23. The number of nitrogens with zero attached hydrogens (tertiary/aromatic N) is 1. The molecule has 0 saturated heterocycles. The molecular formula is C30H35B4N2O2. The Balaban J connectivity index is 1.74. The van der Waals surface area contributed by atoms with E-state index in [4.69, 9.17) is 38.7 Å². The number of hydrogen-bond donors (Lipinski definition) is 1. The highest BCUT2D eigenvalue weighted by Crippen LogP contribution is 2.37. The molecule has 2 aliphatic carbocycles. The van der Waals surface area contributed by atoms with Crippen molar-refractivity contribution < 1.29 is 9.47 Å². The molecule has 0 bridgehead atoms. The normalized spacial score (nSPS) is 23.8. The first-order valence-electron chi connectivity index (χ1n) is 12.9. The number of allylic oxidation sites excluding steroid dienone is 8. The first-order valence-corrected chi connectivity index (χ1v) is 12.9. The molecule has 0 heterocycles. The topological polar surface area (TPSA) is 56.8 Å². The summed E-state index contributed by atoms with van der Waals surface area (Å²) in [6, 6.07) is 3.92. The van der Waals surface area contributed by atoms with Gasteiger partial charge in [-0.15, -0.1) is 5.46 Å². The lowest BCUT2D eigenvalue weighted by Gasteiger charge is -2.30. The van der Waals surface area contributed by atoms with Gasteiger partial charge < -0.3 is 15.2 Å². The first kappa shape index (κ1) is 29.5. The molecule has 0 aliphatic heterocycles. The third-order valence-corrected chi connectivity index (χ3v) is 7.81. The van der Waals surface area contributed by atoms with E-state index in [1.54, 1.807) is 0 Å². The Morgan fingerprint density at radius 3 is 2.21 bits per heavy atom. The van der Waals surface area contributed by atoms with E-state index in [0.717, 1.165) is 11.0 Å². The van der Waals surface area contributed by atoms with Crippen LogP contribution in [0.1, 0.15) is 40.2 Å². The molecule has 8 heteroatoms. The predicted molar refractivity (Wildman–Crippen MR) is 164 cm³/mol. The van der Waals surface area contributed by atoms with Crippen LogP contribution in [0.25, 0.3) is 0 Å². The maximum absolute atomic E-state index is 6.50. The van der Waals surface area contributed by atoms with Crippen molar-refractivity contribution in [3.63, 3.8) is 0 Å². The Bertz CT molecular complexity index is 1240. The quantitative estimate of drug-likeness (QED) is 0.398. The van der Waals surface area contributed by atoms with E-state index >= 15 is 0 Å². The third kappa shape index (κ3) is 6.51. The molecule has 0 aromatic heterocycles. The predicted octanol–water partition coefficient (Wildman–Crippen LogP) is 3.07. The Kier molecular flexibility index (Phi) is 9.51. The Hall–Kier alpha value is -3.01. The van der Waals surface area contributed by atoms with Crippen molar-refractivity contribution in [3.8, 4) is 0 Å². The van der Waals surface area contributed by atoms with Crippen LogP contribution in [-0.2, 0) is 16.1 Å². The Morgan fingerprint density at radius 2 is 1.55 bits per heavy atom. The van der Waals surface area contributed by atoms with Crippen LogP contribution in [0, 0.1) is 16.7 Å². The minimum atomic E-state index is -0.327. The van der Waals surface area contributed by atoms with Crippen LogP contribution in [0.2, 0.25) is 5.82 Å². The maximum Gasteiger partial charge on any atom is 0.155 e. The van der Waals surface area contributed by atoms with Crippen molar-refractivity contribution in [2.75, 3.05) is 6.51 Å². The fourth-order valence-corrected chi connectivity index (χ4v) is 4.23. The van der Waals surface area contributed by atoms with E-state index in [0.29, 0.717) is 39.8 Å². The highest BCUT2D eigenvalue weighted by atomic mass is 16.5. The molecule has 1 aromatic rings. The van der Waals surface area contributed by atoms with Gasteiger partial charge in [0.15, 0.2) is 7.28 Å². The smallest absolute Gasteiger partial charge is 0.155 e. The molecule has 38 heavy (non-hydrogen) atoms. The van der Waals surface area contributed by atoms with E-state index in [1.165, 1.54) is 0 Å². The summed E-state index contributed by atoms with van der Waals surface area (Å²) >= 11 is 0. The van der Waals surface area contributed by atoms with Crippen LogP contribution in [-0.4, -0.2) is 44.0 Å². The molecule has 2 N–H and O–H groups in total. The van der Waals surface area contributed by atoms with Crippen molar-refractivity contribution in [3.05, 3.63) is 89.2 Å². The Morgan fingerprint density at radius 1 is 0.921 bits per heavy atom. The molecule has 0 fully saturated rings. The van der Waals surface area contributed by atoms with Gasteiger partial charge >= 0.3 is 0 Å². The molecule has 0 spiro atoms. The number of nitrogens with two attached hydrogens (primary N) is 1. The van der Waals surface area contributed by atoms with E-state index in [1.807, 2.05) is 36.4 Å². The van der Waals surface area contributed by atoms with Crippen LogP contribution in [0.15, 0.2) is 88.6 Å². The summed E-state index contributed by atoms with van der Waals surface area (Å²) in [6.45, 7) is 14.8. The average Bonchev–Trinajstić information content (AvgIpc) is 3.14. The van der Waals surface area contributed by atoms with Gasteiger partial charge in [0, 0.05) is 17.3 Å². The van der Waals surface area contributed by atoms with Gasteiger partial charge in [-0.25, -0.2) is 0 Å². The van der Waals surface area contributed by atoms with Crippen LogP contribution in [0.4, 0.5) is 0 Å². The molecule has 3 rings (SSSR count). The Labute approximate surface area is 233 Å². The zero-order valence-corrected chi connectivity index (χ0v) is 23.2. The van der Waals surface area contributed by atoms with E-state index in [2.05, 4.69) is 77.9 Å². The number of rotatable bonds is 10. The molecule has 2 aliphatic rings. The average molecular weight is 499 g/mol. The SMILES string of the molecule is [B]COC1=C(N=C)C=CC(C)(C(C)[B]c2ccc(COC3=C(N)C=CC(C)(C(C)C)C=C3)c([B])c2[B])C=C1. The monoisotopic (exact) mass is 499 g/mol. The number of benzene rings is 1. The molecule has 1 aromatic carbocycles. The molecule has 0 amide bonds. The highest BCUT2D eigenvalue weighted by molar-refractivity contribution is 6.65. The van der Waals surface area contributed by atoms with Gasteiger partial charge in [0.05, 0.1) is 5.70 Å². The molecular weight excluding hydrogens is 464 g/mol. The summed E-state index contributed by atoms with van der Waals surface area (Å²) < 4.78 is 11.6. The summed E-state index contributed by atoms with van der Waals surface area (Å²) in [4.78, 5) is 4.06. The molecule has 3 atom stereocenters. The second-order valence-corrected chi connectivity index (χ2v) is 10.6. The van der Waals surface area contributed by atoms with Crippen LogP contribution < -0.4 is 22.1 Å². The lowest BCUT2D eigenvalue weighted by molar-refractivity contribution is 0.209. The standard InChI is InChI=1S/C30H35B4N2O2/c1-19(2)29(4)13-9-23(35)25(11-15-29)37-17-21-7-8-22(28(33)27(21)32)34-20(3)30(5)14-10-24(36-6)26(12-16-30)38-18-31/h7-16,19-20H,6,17-18,35H2,1-5H3. The van der Waals surface area contributed by atoms with Gasteiger partial charge in [-0.3, -0.25) is 4.99 Å². The van der Waals surface area contributed by atoms with Crippen LogP contribution >= 0.6 is 0 Å². The summed E-state index contributed by atoms with van der Waals surface area (Å²) in [6.07, 6.45) is 16.1. The molecule has 3 unspecified atom stereocenters. The maximum atomic E-state index is 6.50. The zero-order chi connectivity index (χ0) is 28.1. The third-order valence-electron chi connectivity index (χ3n) is 7.81. The first-order chi connectivity index (χ1) is 17.9. The summed E-state index contributed by atoms with van der Waals surface area (Å²) in [5.74, 6) is 1.71. The number of hydrogen-bond acceptors (Lipinski definition) is 4. The van der Waals surface area contributed by atoms with E-state index in [9.17, 15) is 0 Å². The minimum Gasteiger partial charge on any atom is -0.501 e. The minimum absolute atomic E-state index is 0.0605. The van der Waals surface area contributed by atoms with Crippen molar-refractivity contribution in [1.29, 1.82) is 0 Å². The largest absolute Gasteiger partial charge is 0.501 e. The summed E-state index contributed by atoms with van der Waals surface area (Å²) in [5.41, 5.74) is 9.75. The van der Waals surface area contributed by atoms with Gasteiger partial charge in [0.2, 0.25) is 0 Å². The van der Waals surface area contributed by atoms with Crippen molar-refractivity contribution in [1.82, 2.24) is 0 Å². The number of ether oxygens (including phenoxy) is 2. The van der Waals surface area contributed by atoms with Crippen molar-refractivity contribution >= 4 is 53.9 Å². The van der Waals surface area contributed by atoms with Crippen molar-refractivity contribution in [2.24, 2.45) is 27.5 Å². The number of aliphatic imine (C=N–C) groups is 1. The molecule has 189 valence electrons. The van der Waals surface area contributed by atoms with Crippen LogP contribution in [0.5, 0.6) is 0 Å². The molecule has 4 nitrogen and oxygen atoms in total. The molecule has 7 radical (unpaired) electrons. The van der Waals surface area contributed by atoms with Gasteiger partial charge in [-0.2, -0.15) is 0 Å². The fraction of sp³-hybridized carbons (Fsp3) is 0.367. The second-order valence-electron chi connectivity index (χ2n) is 10.6. The van der Waals surface area contributed by atoms with Gasteiger partial charge in [0.25, 0.3) is 0 Å². The van der Waals surface area contributed by atoms with Gasteiger partial charge in [-0.05, 0) is 42.5 Å². The van der Waals surface area contributed by atoms with E-state index < -0.39 is 0 Å². The van der Waals surface area contributed by atoms with Gasteiger partial charge in [-0.1, -0.05) is 87.8 Å². The second kappa shape index (κ2) is 12.2. The van der Waals surface area contributed by atoms with Crippen LogP contribution in [0.3, 0.4) is 0 Å². The van der Waals surface area contributed by atoms with E-state index in [-0.39, 0.29) is 29.8 Å². The summed E-state index contributed by atoms with van der Waals surface area (Å²) in [7, 11) is 20.6. The zero-order valence-electron chi connectivity index (χ0n) is 23.2. The highest BCUT2D eigenvalue weighted by Gasteiger charge is 2.29. The van der Waals surface area contributed by atoms with Crippen molar-refractivity contribution in [2.45, 2.75) is 47.0 Å². The lowest BCUT2D eigenvalue weighted by atomic mass is 9.48.